The van der Waals surface area contributed by atoms with Gasteiger partial charge in [-0.2, -0.15) is 0 Å². The van der Waals surface area contributed by atoms with Crippen molar-refractivity contribution >= 4 is 5.78 Å². The molecule has 1 saturated heterocycles. The first-order valence-electron chi connectivity index (χ1n) is 5.38. The molecular formula is C11H16N2O2. The number of Topliss-reactive ketones (excluding diaryl/α,β-unsaturated/α-hetero) is 1. The Labute approximate surface area is 89.3 Å². The first-order valence-corrected chi connectivity index (χ1v) is 5.38. The van der Waals surface area contributed by atoms with E-state index in [4.69, 9.17) is 4.74 Å². The van der Waals surface area contributed by atoms with Gasteiger partial charge < -0.3 is 9.30 Å². The van der Waals surface area contributed by atoms with E-state index < -0.39 is 0 Å². The van der Waals surface area contributed by atoms with Gasteiger partial charge in [-0.3, -0.25) is 4.79 Å². The number of ketones is 1. The Balaban J connectivity index is 1.81. The Morgan fingerprint density at radius 2 is 2.60 bits per heavy atom. The van der Waals surface area contributed by atoms with Crippen LogP contribution in [0.3, 0.4) is 0 Å². The normalized spacial score (nSPS) is 20.7. The lowest BCUT2D eigenvalue weighted by molar-refractivity contribution is 0.0856. The molecule has 4 nitrogen and oxygen atoms in total. The number of rotatable bonds is 4. The molecule has 82 valence electrons. The average molecular weight is 208 g/mol. The quantitative estimate of drug-likeness (QED) is 0.705. The van der Waals surface area contributed by atoms with Gasteiger partial charge in [0.15, 0.2) is 5.78 Å². The van der Waals surface area contributed by atoms with E-state index >= 15 is 0 Å². The summed E-state index contributed by atoms with van der Waals surface area (Å²) in [6.45, 7) is 0.850. The minimum Gasteiger partial charge on any atom is -0.378 e. The predicted octanol–water partition coefficient (Wildman–Crippen LogP) is 1.56. The van der Waals surface area contributed by atoms with Crippen LogP contribution in [0.1, 0.15) is 36.2 Å². The molecule has 0 aliphatic carbocycles. The van der Waals surface area contributed by atoms with Crippen molar-refractivity contribution in [2.45, 2.75) is 31.8 Å². The van der Waals surface area contributed by atoms with E-state index in [0.717, 1.165) is 25.9 Å². The topological polar surface area (TPSA) is 44.1 Å². The number of hydrogen-bond donors (Lipinski definition) is 0. The summed E-state index contributed by atoms with van der Waals surface area (Å²) in [7, 11) is 1.86. The third kappa shape index (κ3) is 2.65. The van der Waals surface area contributed by atoms with Gasteiger partial charge in [0.05, 0.1) is 12.4 Å². The zero-order valence-electron chi connectivity index (χ0n) is 8.98. The van der Waals surface area contributed by atoms with Crippen LogP contribution in [-0.2, 0) is 11.8 Å². The van der Waals surface area contributed by atoms with Crippen molar-refractivity contribution < 1.29 is 9.53 Å². The maximum absolute atomic E-state index is 11.7. The molecule has 1 aromatic heterocycles. The van der Waals surface area contributed by atoms with Crippen molar-refractivity contribution in [1.82, 2.24) is 9.55 Å². The summed E-state index contributed by atoms with van der Waals surface area (Å²) in [6, 6.07) is 0. The van der Waals surface area contributed by atoms with E-state index in [2.05, 4.69) is 4.98 Å². The zero-order valence-corrected chi connectivity index (χ0v) is 8.98. The average Bonchev–Trinajstić information content (AvgIpc) is 2.84. The second kappa shape index (κ2) is 4.57. The lowest BCUT2D eigenvalue weighted by Crippen LogP contribution is -2.09. The van der Waals surface area contributed by atoms with Crippen LogP contribution in [0, 0.1) is 0 Å². The van der Waals surface area contributed by atoms with E-state index in [1.165, 1.54) is 0 Å². The minimum absolute atomic E-state index is 0.117. The largest absolute Gasteiger partial charge is 0.378 e. The van der Waals surface area contributed by atoms with E-state index in [-0.39, 0.29) is 11.9 Å². The Bertz CT molecular complexity index is 340. The lowest BCUT2D eigenvalue weighted by atomic mass is 10.1. The number of nitrogens with zero attached hydrogens (tertiary/aromatic N) is 2. The Morgan fingerprint density at radius 3 is 3.20 bits per heavy atom. The fourth-order valence-corrected chi connectivity index (χ4v) is 1.85. The van der Waals surface area contributed by atoms with Gasteiger partial charge >= 0.3 is 0 Å². The summed E-state index contributed by atoms with van der Waals surface area (Å²) in [5.74, 6) is 0.117. The fraction of sp³-hybridized carbons (Fsp3) is 0.636. The van der Waals surface area contributed by atoms with Gasteiger partial charge in [0.2, 0.25) is 0 Å². The fourth-order valence-electron chi connectivity index (χ4n) is 1.85. The highest BCUT2D eigenvalue weighted by molar-refractivity contribution is 5.93. The van der Waals surface area contributed by atoms with E-state index in [9.17, 15) is 4.79 Å². The molecule has 0 N–H and O–H groups in total. The number of imidazole rings is 1. The van der Waals surface area contributed by atoms with Crippen LogP contribution in [-0.4, -0.2) is 28.0 Å². The van der Waals surface area contributed by atoms with Crippen LogP contribution in [0.15, 0.2) is 12.5 Å². The van der Waals surface area contributed by atoms with Crippen molar-refractivity contribution in [3.63, 3.8) is 0 Å². The standard InChI is InChI=1S/C11H16N2O2/c1-13-7-10(12-8-13)11(14)5-4-9-3-2-6-15-9/h7-9H,2-6H2,1H3. The molecule has 1 aromatic rings. The number of hydrogen-bond acceptors (Lipinski definition) is 3. The number of carbonyl (C=O) groups excluding carboxylic acids is 1. The number of carbonyl (C=O) groups is 1. The van der Waals surface area contributed by atoms with Crippen LogP contribution in [0.4, 0.5) is 0 Å². The molecule has 1 fully saturated rings. The third-order valence-electron chi connectivity index (χ3n) is 2.71. The maximum atomic E-state index is 11.7. The van der Waals surface area contributed by atoms with Gasteiger partial charge in [0, 0.05) is 26.3 Å². The summed E-state index contributed by atoms with van der Waals surface area (Å²) in [4.78, 5) is 15.7. The molecule has 1 atom stereocenters. The summed E-state index contributed by atoms with van der Waals surface area (Å²) >= 11 is 0. The molecule has 0 bridgehead atoms. The third-order valence-corrected chi connectivity index (χ3v) is 2.71. The molecule has 1 aliphatic heterocycles. The smallest absolute Gasteiger partial charge is 0.182 e. The first kappa shape index (κ1) is 10.4. The Hall–Kier alpha value is -1.16. The van der Waals surface area contributed by atoms with Gasteiger partial charge in [-0.15, -0.1) is 0 Å². The summed E-state index contributed by atoms with van der Waals surface area (Å²) in [5.41, 5.74) is 0.565. The van der Waals surface area contributed by atoms with Gasteiger partial charge in [0.1, 0.15) is 5.69 Å². The van der Waals surface area contributed by atoms with Gasteiger partial charge in [-0.1, -0.05) is 0 Å². The number of aromatic nitrogens is 2. The van der Waals surface area contributed by atoms with Crippen molar-refractivity contribution in [3.05, 3.63) is 18.2 Å². The molecule has 0 amide bonds. The molecule has 0 radical (unpaired) electrons. The summed E-state index contributed by atoms with van der Waals surface area (Å²) in [5, 5.41) is 0. The van der Waals surface area contributed by atoms with Crippen molar-refractivity contribution in [1.29, 1.82) is 0 Å². The van der Waals surface area contributed by atoms with Gasteiger partial charge in [-0.25, -0.2) is 4.98 Å². The minimum atomic E-state index is 0.117. The molecule has 2 rings (SSSR count). The van der Waals surface area contributed by atoms with Crippen molar-refractivity contribution in [3.8, 4) is 0 Å². The molecule has 4 heteroatoms. The Kier molecular flexibility index (Phi) is 3.16. The molecule has 15 heavy (non-hydrogen) atoms. The number of aryl methyl sites for hydroxylation is 1. The number of ether oxygens (including phenoxy) is 1. The monoisotopic (exact) mass is 208 g/mol. The van der Waals surface area contributed by atoms with Crippen molar-refractivity contribution in [2.75, 3.05) is 6.61 Å². The molecule has 0 aromatic carbocycles. The second-order valence-electron chi connectivity index (χ2n) is 4.02. The van der Waals surface area contributed by atoms with E-state index in [1.54, 1.807) is 17.1 Å². The predicted molar refractivity (Wildman–Crippen MR) is 55.7 cm³/mol. The maximum Gasteiger partial charge on any atom is 0.182 e. The van der Waals surface area contributed by atoms with E-state index in [0.29, 0.717) is 12.1 Å². The molecule has 1 aliphatic rings. The zero-order chi connectivity index (χ0) is 10.7. The van der Waals surface area contributed by atoms with Crippen molar-refractivity contribution in [2.24, 2.45) is 7.05 Å². The summed E-state index contributed by atoms with van der Waals surface area (Å²) < 4.78 is 7.26. The molecular weight excluding hydrogens is 192 g/mol. The van der Waals surface area contributed by atoms with E-state index in [1.807, 2.05) is 7.05 Å². The van der Waals surface area contributed by atoms with Crippen LogP contribution >= 0.6 is 0 Å². The van der Waals surface area contributed by atoms with Crippen LogP contribution in [0.5, 0.6) is 0 Å². The lowest BCUT2D eigenvalue weighted by Gasteiger charge is -2.06. The molecule has 0 saturated carbocycles. The summed E-state index contributed by atoms with van der Waals surface area (Å²) in [6.07, 6.45) is 7.30. The second-order valence-corrected chi connectivity index (χ2v) is 4.02. The van der Waals surface area contributed by atoms with Crippen LogP contribution in [0.2, 0.25) is 0 Å². The van der Waals surface area contributed by atoms with Gasteiger partial charge in [0.25, 0.3) is 0 Å². The van der Waals surface area contributed by atoms with Gasteiger partial charge in [-0.05, 0) is 19.3 Å². The SMILES string of the molecule is Cn1cnc(C(=O)CCC2CCCO2)c1. The highest BCUT2D eigenvalue weighted by Gasteiger charge is 2.17. The molecule has 0 spiro atoms. The highest BCUT2D eigenvalue weighted by Crippen LogP contribution is 2.17. The van der Waals surface area contributed by atoms with Crippen LogP contribution in [0.25, 0.3) is 0 Å². The molecule has 1 unspecified atom stereocenters. The first-order chi connectivity index (χ1) is 7.25. The van der Waals surface area contributed by atoms with Crippen LogP contribution < -0.4 is 0 Å². The molecule has 2 heterocycles. The Morgan fingerprint density at radius 1 is 1.73 bits per heavy atom. The highest BCUT2D eigenvalue weighted by atomic mass is 16.5.